The molecule has 0 saturated heterocycles. The molecule has 6 nitrogen and oxygen atoms in total. The van der Waals surface area contributed by atoms with Gasteiger partial charge in [0.2, 0.25) is 15.9 Å². The Morgan fingerprint density at radius 3 is 2.43 bits per heavy atom. The number of hydrogen-bond acceptors (Lipinski definition) is 4. The number of hydrogen-bond donors (Lipinski definition) is 2. The van der Waals surface area contributed by atoms with Crippen LogP contribution >= 0.6 is 0 Å². The second kappa shape index (κ2) is 9.00. The van der Waals surface area contributed by atoms with E-state index in [0.717, 1.165) is 24.9 Å². The van der Waals surface area contributed by atoms with Crippen molar-refractivity contribution >= 4 is 15.9 Å². The van der Waals surface area contributed by atoms with Gasteiger partial charge in [-0.1, -0.05) is 25.5 Å². The molecule has 0 aliphatic rings. The summed E-state index contributed by atoms with van der Waals surface area (Å²) in [5.74, 6) is 0.00441. The highest BCUT2D eigenvalue weighted by Gasteiger charge is 2.16. The lowest BCUT2D eigenvalue weighted by atomic mass is 10.1. The Hall–Kier alpha value is -1.44. The average molecular weight is 341 g/mol. The minimum Gasteiger partial charge on any atom is -0.354 e. The van der Waals surface area contributed by atoms with Gasteiger partial charge in [-0.2, -0.15) is 0 Å². The summed E-state index contributed by atoms with van der Waals surface area (Å²) in [5, 5.41) is 7.96. The smallest absolute Gasteiger partial charge is 0.238 e. The van der Waals surface area contributed by atoms with E-state index in [0.29, 0.717) is 13.0 Å². The number of nitrogens with zero attached hydrogens (tertiary/aromatic N) is 1. The first kappa shape index (κ1) is 19.6. The molecule has 0 bridgehead atoms. The number of carbonyl (C=O) groups is 1. The largest absolute Gasteiger partial charge is 0.354 e. The van der Waals surface area contributed by atoms with Gasteiger partial charge in [-0.15, -0.1) is 0 Å². The molecule has 23 heavy (non-hydrogen) atoms. The summed E-state index contributed by atoms with van der Waals surface area (Å²) >= 11 is 0. The quantitative estimate of drug-likeness (QED) is 0.704. The molecule has 1 rings (SSSR count). The van der Waals surface area contributed by atoms with Crippen LogP contribution in [-0.2, 0) is 21.2 Å². The van der Waals surface area contributed by atoms with Crippen molar-refractivity contribution in [2.75, 3.05) is 20.1 Å². The van der Waals surface area contributed by atoms with Crippen LogP contribution in [0.2, 0.25) is 0 Å². The molecule has 0 radical (unpaired) electrons. The Kier molecular flexibility index (Phi) is 7.67. The number of benzene rings is 1. The second-order valence-corrected chi connectivity index (χ2v) is 7.30. The van der Waals surface area contributed by atoms with Gasteiger partial charge < -0.3 is 5.32 Å². The van der Waals surface area contributed by atoms with Crippen LogP contribution in [0.25, 0.3) is 0 Å². The average Bonchev–Trinajstić information content (AvgIpc) is 2.51. The van der Waals surface area contributed by atoms with Crippen LogP contribution in [0.1, 0.15) is 32.3 Å². The minimum absolute atomic E-state index is 0.00441. The number of likely N-dealkylation sites (N-methyl/N-ethyl adjacent to an activating group) is 1. The molecule has 130 valence electrons. The highest BCUT2D eigenvalue weighted by molar-refractivity contribution is 7.89. The van der Waals surface area contributed by atoms with E-state index in [1.165, 1.54) is 12.1 Å². The topological polar surface area (TPSA) is 92.5 Å². The third-order valence-corrected chi connectivity index (χ3v) is 4.80. The number of nitrogens with one attached hydrogen (secondary N) is 1. The van der Waals surface area contributed by atoms with E-state index in [-0.39, 0.29) is 16.8 Å². The van der Waals surface area contributed by atoms with Crippen molar-refractivity contribution in [2.45, 2.75) is 44.0 Å². The van der Waals surface area contributed by atoms with Crippen LogP contribution in [0.15, 0.2) is 29.2 Å². The van der Waals surface area contributed by atoms with Crippen molar-refractivity contribution in [3.8, 4) is 0 Å². The number of amides is 1. The zero-order valence-electron chi connectivity index (χ0n) is 14.1. The Balaban J connectivity index is 2.43. The van der Waals surface area contributed by atoms with E-state index in [4.69, 9.17) is 5.14 Å². The summed E-state index contributed by atoms with van der Waals surface area (Å²) in [5.41, 5.74) is 0.949. The minimum atomic E-state index is -3.66. The lowest BCUT2D eigenvalue weighted by Crippen LogP contribution is -2.44. The zero-order valence-corrected chi connectivity index (χ0v) is 14.9. The van der Waals surface area contributed by atoms with Crippen LogP contribution in [0.4, 0.5) is 0 Å². The van der Waals surface area contributed by atoms with Crippen LogP contribution in [0.3, 0.4) is 0 Å². The van der Waals surface area contributed by atoms with Crippen molar-refractivity contribution in [2.24, 2.45) is 5.14 Å². The predicted octanol–water partition coefficient (Wildman–Crippen LogP) is 1.11. The maximum absolute atomic E-state index is 12.1. The van der Waals surface area contributed by atoms with Crippen molar-refractivity contribution in [1.29, 1.82) is 0 Å². The van der Waals surface area contributed by atoms with Gasteiger partial charge in [0.25, 0.3) is 0 Å². The molecule has 0 saturated carbocycles. The van der Waals surface area contributed by atoms with Gasteiger partial charge in [0, 0.05) is 6.54 Å². The fourth-order valence-electron chi connectivity index (χ4n) is 2.12. The maximum atomic E-state index is 12.1. The first-order valence-electron chi connectivity index (χ1n) is 7.85. The molecule has 0 heterocycles. The first-order chi connectivity index (χ1) is 10.8. The van der Waals surface area contributed by atoms with Gasteiger partial charge in [-0.05, 0) is 51.1 Å². The van der Waals surface area contributed by atoms with Crippen molar-refractivity contribution in [1.82, 2.24) is 10.2 Å². The summed E-state index contributed by atoms with van der Waals surface area (Å²) in [7, 11) is -1.71. The van der Waals surface area contributed by atoms with E-state index in [1.54, 1.807) is 12.1 Å². The van der Waals surface area contributed by atoms with Crippen LogP contribution in [0, 0.1) is 0 Å². The summed E-state index contributed by atoms with van der Waals surface area (Å²) < 4.78 is 22.4. The molecule has 0 fully saturated rings. The third-order valence-electron chi connectivity index (χ3n) is 3.87. The lowest BCUT2D eigenvalue weighted by Gasteiger charge is -2.23. The molecule has 0 unspecified atom stereocenters. The Morgan fingerprint density at radius 2 is 1.91 bits per heavy atom. The van der Waals surface area contributed by atoms with Crippen LogP contribution in [0.5, 0.6) is 0 Å². The van der Waals surface area contributed by atoms with Crippen molar-refractivity contribution in [3.05, 3.63) is 29.8 Å². The molecule has 1 atom stereocenters. The van der Waals surface area contributed by atoms with Gasteiger partial charge in [0.15, 0.2) is 0 Å². The van der Waals surface area contributed by atoms with Gasteiger partial charge >= 0.3 is 0 Å². The molecule has 7 heteroatoms. The monoisotopic (exact) mass is 341 g/mol. The zero-order chi connectivity index (χ0) is 17.5. The van der Waals surface area contributed by atoms with Crippen LogP contribution in [-0.4, -0.2) is 45.4 Å². The molecule has 3 N–H and O–H groups in total. The SMILES string of the molecule is CCCCN(C)[C@@H](C)C(=O)NCCc1ccc(S(N)(=O)=O)cc1. The number of primary sulfonamides is 1. The summed E-state index contributed by atoms with van der Waals surface area (Å²) in [4.78, 5) is 14.2. The number of carbonyl (C=O) groups excluding carboxylic acids is 1. The molecule has 1 aromatic rings. The molecular formula is C16H27N3O3S. The van der Waals surface area contributed by atoms with Gasteiger partial charge in [-0.3, -0.25) is 9.69 Å². The van der Waals surface area contributed by atoms with E-state index < -0.39 is 10.0 Å². The summed E-state index contributed by atoms with van der Waals surface area (Å²) in [6, 6.07) is 6.22. The third kappa shape index (κ3) is 6.68. The van der Waals surface area contributed by atoms with Crippen molar-refractivity contribution in [3.63, 3.8) is 0 Å². The molecule has 0 aromatic heterocycles. The standard InChI is InChI=1S/C16H27N3O3S/c1-4-5-12-19(3)13(2)16(20)18-11-10-14-6-8-15(9-7-14)23(17,21)22/h6-9,13H,4-5,10-12H2,1-3H3,(H,18,20)(H2,17,21,22)/t13-/m0/s1. The van der Waals surface area contributed by atoms with Gasteiger partial charge in [0.1, 0.15) is 0 Å². The Bertz CT molecular complexity index is 600. The molecule has 0 aliphatic carbocycles. The number of nitrogens with two attached hydrogens (primary N) is 1. The molecule has 0 spiro atoms. The maximum Gasteiger partial charge on any atom is 0.238 e. The molecular weight excluding hydrogens is 314 g/mol. The van der Waals surface area contributed by atoms with E-state index in [2.05, 4.69) is 12.2 Å². The second-order valence-electron chi connectivity index (χ2n) is 5.74. The van der Waals surface area contributed by atoms with Crippen molar-refractivity contribution < 1.29 is 13.2 Å². The molecule has 0 aliphatic heterocycles. The number of rotatable bonds is 9. The molecule has 1 aromatic carbocycles. The fraction of sp³-hybridized carbons (Fsp3) is 0.562. The fourth-order valence-corrected chi connectivity index (χ4v) is 2.64. The molecule has 1 amide bonds. The van der Waals surface area contributed by atoms with E-state index in [9.17, 15) is 13.2 Å². The van der Waals surface area contributed by atoms with Gasteiger partial charge in [-0.25, -0.2) is 13.6 Å². The van der Waals surface area contributed by atoms with E-state index in [1.807, 2.05) is 18.9 Å². The van der Waals surface area contributed by atoms with Gasteiger partial charge in [0.05, 0.1) is 10.9 Å². The highest BCUT2D eigenvalue weighted by Crippen LogP contribution is 2.09. The lowest BCUT2D eigenvalue weighted by molar-refractivity contribution is -0.125. The van der Waals surface area contributed by atoms with Crippen LogP contribution < -0.4 is 10.5 Å². The van der Waals surface area contributed by atoms with E-state index >= 15 is 0 Å². The normalized spacial score (nSPS) is 13.1. The summed E-state index contributed by atoms with van der Waals surface area (Å²) in [6.45, 7) is 5.44. The number of sulfonamides is 1. The number of unbranched alkanes of at least 4 members (excludes halogenated alkanes) is 1. The predicted molar refractivity (Wildman–Crippen MR) is 91.5 cm³/mol. The Morgan fingerprint density at radius 1 is 1.30 bits per heavy atom. The summed E-state index contributed by atoms with van der Waals surface area (Å²) in [6.07, 6.45) is 2.82. The first-order valence-corrected chi connectivity index (χ1v) is 9.40. The highest BCUT2D eigenvalue weighted by atomic mass is 32.2. The Labute approximate surface area is 139 Å².